The Kier molecular flexibility index (Phi) is 5.09. The van der Waals surface area contributed by atoms with Gasteiger partial charge in [0.05, 0.1) is 12.8 Å². The van der Waals surface area contributed by atoms with Crippen LogP contribution in [0.1, 0.15) is 13.8 Å². The average molecular weight is 242 g/mol. The zero-order valence-corrected chi connectivity index (χ0v) is 10.7. The Balaban J connectivity index is 2.99. The quantitative estimate of drug-likeness (QED) is 0.819. The van der Waals surface area contributed by atoms with Crippen molar-refractivity contribution in [2.45, 2.75) is 19.9 Å². The Bertz CT molecular complexity index is 359. The molecule has 0 aliphatic heterocycles. The summed E-state index contributed by atoms with van der Waals surface area (Å²) in [5.74, 6) is 0.287. The smallest absolute Gasteiger partial charge is 0.224 e. The van der Waals surface area contributed by atoms with Crippen LogP contribution in [0.15, 0.2) is 6.20 Å². The number of ether oxygens (including phenoxy) is 1. The fourth-order valence-corrected chi connectivity index (χ4v) is 1.48. The molecule has 5 nitrogen and oxygen atoms in total. The molecule has 0 fully saturated rings. The van der Waals surface area contributed by atoms with E-state index in [2.05, 4.69) is 15.3 Å². The van der Waals surface area contributed by atoms with Gasteiger partial charge in [-0.2, -0.15) is 4.98 Å². The maximum absolute atomic E-state index is 13.7. The zero-order chi connectivity index (χ0) is 12.8. The highest BCUT2D eigenvalue weighted by Crippen LogP contribution is 2.19. The molecule has 0 saturated heterocycles. The first-order valence-corrected chi connectivity index (χ1v) is 5.56. The Labute approximate surface area is 101 Å². The lowest BCUT2D eigenvalue weighted by Gasteiger charge is -2.27. The largest absolute Gasteiger partial charge is 0.383 e. The van der Waals surface area contributed by atoms with Gasteiger partial charge in [-0.25, -0.2) is 9.37 Å². The summed E-state index contributed by atoms with van der Waals surface area (Å²) in [6.07, 6.45) is 1.18. The molecule has 0 aliphatic rings. The second-order valence-electron chi connectivity index (χ2n) is 3.90. The summed E-state index contributed by atoms with van der Waals surface area (Å²) < 4.78 is 18.7. The van der Waals surface area contributed by atoms with Gasteiger partial charge in [0.25, 0.3) is 0 Å². The number of hydrogen-bond donors (Lipinski definition) is 1. The van der Waals surface area contributed by atoms with Gasteiger partial charge in [0.2, 0.25) is 5.95 Å². The third-order valence-electron chi connectivity index (χ3n) is 2.38. The van der Waals surface area contributed by atoms with E-state index in [0.717, 1.165) is 0 Å². The minimum atomic E-state index is -0.422. The SMILES string of the molecule is CNc1ncc(F)c(N(CCOC)C(C)C)n1. The third-order valence-corrected chi connectivity index (χ3v) is 2.38. The molecule has 0 aliphatic carbocycles. The standard InChI is InChI=1S/C11H19FN4O/c1-8(2)16(5-6-17-4)10-9(12)7-14-11(13-3)15-10/h7-8H,5-6H2,1-4H3,(H,13,14,15). The number of nitrogens with zero attached hydrogens (tertiary/aromatic N) is 3. The normalized spacial score (nSPS) is 10.7. The molecule has 96 valence electrons. The number of hydrogen-bond acceptors (Lipinski definition) is 5. The van der Waals surface area contributed by atoms with Gasteiger partial charge in [0.1, 0.15) is 0 Å². The van der Waals surface area contributed by atoms with Gasteiger partial charge in [-0.05, 0) is 13.8 Å². The van der Waals surface area contributed by atoms with Gasteiger partial charge in [0, 0.05) is 26.7 Å². The molecule has 1 rings (SSSR count). The highest BCUT2D eigenvalue weighted by atomic mass is 19.1. The summed E-state index contributed by atoms with van der Waals surface area (Å²) in [7, 11) is 3.32. The predicted octanol–water partition coefficient (Wildman–Crippen LogP) is 1.52. The lowest BCUT2D eigenvalue weighted by molar-refractivity contribution is 0.203. The van der Waals surface area contributed by atoms with Crippen LogP contribution >= 0.6 is 0 Å². The van der Waals surface area contributed by atoms with Crippen LogP contribution in [0.4, 0.5) is 16.2 Å². The molecule has 1 aromatic heterocycles. The van der Waals surface area contributed by atoms with Gasteiger partial charge in [0.15, 0.2) is 11.6 Å². The van der Waals surface area contributed by atoms with Crippen LogP contribution in [0, 0.1) is 5.82 Å². The molecule has 17 heavy (non-hydrogen) atoms. The highest BCUT2D eigenvalue weighted by Gasteiger charge is 2.17. The zero-order valence-electron chi connectivity index (χ0n) is 10.7. The lowest BCUT2D eigenvalue weighted by atomic mass is 10.3. The van der Waals surface area contributed by atoms with Crippen LogP contribution < -0.4 is 10.2 Å². The van der Waals surface area contributed by atoms with Crippen molar-refractivity contribution in [1.82, 2.24) is 9.97 Å². The molecule has 0 unspecified atom stereocenters. The molecule has 1 aromatic rings. The highest BCUT2D eigenvalue weighted by molar-refractivity contribution is 5.44. The van der Waals surface area contributed by atoms with Gasteiger partial charge in [-0.15, -0.1) is 0 Å². The molecule has 0 radical (unpaired) electrons. The van der Waals surface area contributed by atoms with E-state index in [1.165, 1.54) is 6.20 Å². The van der Waals surface area contributed by atoms with Gasteiger partial charge < -0.3 is 15.0 Å². The van der Waals surface area contributed by atoms with Crippen LogP contribution in [-0.4, -0.2) is 43.3 Å². The van der Waals surface area contributed by atoms with E-state index in [-0.39, 0.29) is 6.04 Å². The molecule has 6 heteroatoms. The Morgan fingerprint density at radius 3 is 2.76 bits per heavy atom. The van der Waals surface area contributed by atoms with Gasteiger partial charge >= 0.3 is 0 Å². The summed E-state index contributed by atoms with van der Waals surface area (Å²) >= 11 is 0. The van der Waals surface area contributed by atoms with Crippen molar-refractivity contribution >= 4 is 11.8 Å². The summed E-state index contributed by atoms with van der Waals surface area (Å²) in [5.41, 5.74) is 0. The molecular formula is C11H19FN4O. The Morgan fingerprint density at radius 2 is 2.24 bits per heavy atom. The Morgan fingerprint density at radius 1 is 1.53 bits per heavy atom. The second kappa shape index (κ2) is 6.34. The summed E-state index contributed by atoms with van der Waals surface area (Å²) in [4.78, 5) is 9.81. The first-order valence-electron chi connectivity index (χ1n) is 5.56. The van der Waals surface area contributed by atoms with Crippen molar-refractivity contribution in [2.75, 3.05) is 37.5 Å². The van der Waals surface area contributed by atoms with E-state index in [4.69, 9.17) is 4.74 Å². The second-order valence-corrected chi connectivity index (χ2v) is 3.90. The number of aromatic nitrogens is 2. The van der Waals surface area contributed by atoms with Crippen LogP contribution in [-0.2, 0) is 4.74 Å². The van der Waals surface area contributed by atoms with E-state index in [9.17, 15) is 4.39 Å². The number of methoxy groups -OCH3 is 1. The molecule has 0 bridgehead atoms. The average Bonchev–Trinajstić information content (AvgIpc) is 2.31. The molecule has 0 atom stereocenters. The number of rotatable bonds is 6. The first-order chi connectivity index (χ1) is 8.10. The first kappa shape index (κ1) is 13.6. The fourth-order valence-electron chi connectivity index (χ4n) is 1.48. The molecule has 0 spiro atoms. The van der Waals surface area contributed by atoms with Gasteiger partial charge in [-0.3, -0.25) is 0 Å². The van der Waals surface area contributed by atoms with E-state index in [1.807, 2.05) is 18.7 Å². The molecule has 0 aromatic carbocycles. The van der Waals surface area contributed by atoms with Crippen molar-refractivity contribution < 1.29 is 9.13 Å². The topological polar surface area (TPSA) is 50.3 Å². The number of anilines is 2. The van der Waals surface area contributed by atoms with E-state index < -0.39 is 5.82 Å². The number of nitrogens with one attached hydrogen (secondary N) is 1. The maximum atomic E-state index is 13.7. The van der Waals surface area contributed by atoms with Crippen LogP contribution in [0.5, 0.6) is 0 Å². The predicted molar refractivity (Wildman–Crippen MR) is 65.9 cm³/mol. The summed E-state index contributed by atoms with van der Waals surface area (Å²) in [5, 5.41) is 2.80. The Hall–Kier alpha value is -1.43. The van der Waals surface area contributed by atoms with Crippen molar-refractivity contribution in [3.8, 4) is 0 Å². The van der Waals surface area contributed by atoms with Crippen molar-refractivity contribution in [3.63, 3.8) is 0 Å². The van der Waals surface area contributed by atoms with Crippen molar-refractivity contribution in [1.29, 1.82) is 0 Å². The summed E-state index contributed by atoms with van der Waals surface area (Å²) in [6.45, 7) is 5.08. The molecular weight excluding hydrogens is 223 g/mol. The van der Waals surface area contributed by atoms with Crippen LogP contribution in [0.25, 0.3) is 0 Å². The minimum Gasteiger partial charge on any atom is -0.383 e. The summed E-state index contributed by atoms with van der Waals surface area (Å²) in [6, 6.07) is 0.138. The van der Waals surface area contributed by atoms with Crippen LogP contribution in [0.3, 0.4) is 0 Å². The van der Waals surface area contributed by atoms with Gasteiger partial charge in [-0.1, -0.05) is 0 Å². The number of halogens is 1. The third kappa shape index (κ3) is 3.52. The van der Waals surface area contributed by atoms with Crippen molar-refractivity contribution in [2.24, 2.45) is 0 Å². The lowest BCUT2D eigenvalue weighted by Crippen LogP contribution is -2.35. The molecule has 1 heterocycles. The maximum Gasteiger partial charge on any atom is 0.224 e. The van der Waals surface area contributed by atoms with E-state index >= 15 is 0 Å². The monoisotopic (exact) mass is 242 g/mol. The molecule has 0 saturated carbocycles. The van der Waals surface area contributed by atoms with Crippen molar-refractivity contribution in [3.05, 3.63) is 12.0 Å². The van der Waals surface area contributed by atoms with E-state index in [1.54, 1.807) is 14.2 Å². The minimum absolute atomic E-state index is 0.138. The molecule has 1 N–H and O–H groups in total. The fraction of sp³-hybridized carbons (Fsp3) is 0.636. The molecule has 0 amide bonds. The van der Waals surface area contributed by atoms with E-state index in [0.29, 0.717) is 24.9 Å². The van der Waals surface area contributed by atoms with Crippen LogP contribution in [0.2, 0.25) is 0 Å².